The van der Waals surface area contributed by atoms with Crippen LogP contribution in [0.1, 0.15) is 60.4 Å². The van der Waals surface area contributed by atoms with Crippen molar-refractivity contribution in [1.29, 1.82) is 0 Å². The van der Waals surface area contributed by atoms with Crippen LogP contribution in [0, 0.1) is 0 Å². The van der Waals surface area contributed by atoms with Crippen molar-refractivity contribution >= 4 is 66.6 Å². The molecule has 2 nitrogen and oxygen atoms in total. The van der Waals surface area contributed by atoms with E-state index in [1.165, 1.54) is 104 Å². The van der Waals surface area contributed by atoms with Gasteiger partial charge < -0.3 is 9.13 Å². The Kier molecular flexibility index (Phi) is 9.42. The van der Waals surface area contributed by atoms with Gasteiger partial charge in [-0.15, -0.1) is 0 Å². The first-order valence-electron chi connectivity index (χ1n) is 22.8. The maximum atomic E-state index is 4.64. The van der Waals surface area contributed by atoms with Crippen LogP contribution in [0.5, 0.6) is 0 Å². The van der Waals surface area contributed by atoms with Gasteiger partial charge in [-0.2, -0.15) is 0 Å². The number of para-hydroxylation sites is 2. The summed E-state index contributed by atoms with van der Waals surface area (Å²) in [5.74, 6) is 0. The largest absolute Gasteiger partial charge is 0.337 e. The van der Waals surface area contributed by atoms with Crippen LogP contribution >= 0.6 is 11.8 Å². The second-order valence-corrected chi connectivity index (χ2v) is 18.4. The van der Waals surface area contributed by atoms with Gasteiger partial charge in [0, 0.05) is 54.6 Å². The van der Waals surface area contributed by atoms with Gasteiger partial charge in [-0.1, -0.05) is 177 Å². The average molecular weight is 841 g/mol. The molecule has 64 heavy (non-hydrogen) atoms. The average Bonchev–Trinajstić information content (AvgIpc) is 3.95. The van der Waals surface area contributed by atoms with E-state index in [2.05, 4.69) is 223 Å². The third kappa shape index (κ3) is 5.87. The van der Waals surface area contributed by atoms with Gasteiger partial charge in [-0.3, -0.25) is 0 Å². The Morgan fingerprint density at radius 2 is 1.31 bits per heavy atom. The summed E-state index contributed by atoms with van der Waals surface area (Å²) in [5.41, 5.74) is 17.5. The molecule has 0 unspecified atom stereocenters. The Hall–Kier alpha value is -7.07. The van der Waals surface area contributed by atoms with Crippen LogP contribution in [-0.4, -0.2) is 9.13 Å². The van der Waals surface area contributed by atoms with Crippen molar-refractivity contribution < 1.29 is 0 Å². The third-order valence-electron chi connectivity index (χ3n) is 13.8. The van der Waals surface area contributed by atoms with Crippen LogP contribution in [0.15, 0.2) is 222 Å². The lowest BCUT2D eigenvalue weighted by atomic mass is 9.67. The fourth-order valence-corrected chi connectivity index (χ4v) is 12.2. The second-order valence-electron chi connectivity index (χ2n) is 17.4. The molecule has 0 N–H and O–H groups in total. The minimum atomic E-state index is -0.409. The molecule has 1 aliphatic heterocycles. The fraction of sp³-hybridized carbons (Fsp3) is 0.115. The van der Waals surface area contributed by atoms with Crippen molar-refractivity contribution in [3.63, 3.8) is 0 Å². The van der Waals surface area contributed by atoms with Gasteiger partial charge in [0.25, 0.3) is 0 Å². The highest BCUT2D eigenvalue weighted by Crippen LogP contribution is 2.62. The van der Waals surface area contributed by atoms with Crippen molar-refractivity contribution in [2.45, 2.75) is 54.4 Å². The zero-order valence-corrected chi connectivity index (χ0v) is 36.9. The van der Waals surface area contributed by atoms with Crippen molar-refractivity contribution in [3.05, 3.63) is 240 Å². The lowest BCUT2D eigenvalue weighted by molar-refractivity contribution is 0.722. The molecule has 7 aromatic carbocycles. The minimum Gasteiger partial charge on any atom is -0.337 e. The fourth-order valence-electron chi connectivity index (χ4n) is 11.0. The lowest BCUT2D eigenvalue weighted by Crippen LogP contribution is -2.31. The maximum absolute atomic E-state index is 4.64. The number of aromatic nitrogens is 2. The number of hydrogen-bond donors (Lipinski definition) is 0. The first-order chi connectivity index (χ1) is 31.6. The van der Waals surface area contributed by atoms with E-state index in [1.54, 1.807) is 0 Å². The molecule has 0 fully saturated rings. The molecule has 3 heteroatoms. The summed E-state index contributed by atoms with van der Waals surface area (Å²) in [5, 5.41) is 5.15. The van der Waals surface area contributed by atoms with E-state index in [-0.39, 0.29) is 0 Å². The van der Waals surface area contributed by atoms with Crippen LogP contribution in [-0.2, 0) is 12.0 Å². The summed E-state index contributed by atoms with van der Waals surface area (Å²) in [7, 11) is 0. The second kappa shape index (κ2) is 15.6. The molecule has 3 aliphatic rings. The SMILES string of the molecule is C=C(/C=C\C=C/Cn1c2ccccc2c2cc3c(cc21)C1(c2ccccc2Sc2ccccc21)c1ccccc1-3)/C(=C\CCC)c1ccc2c(c1)c1ccccc1n2C1=CC=CCC1. The van der Waals surface area contributed by atoms with Crippen LogP contribution in [0.2, 0.25) is 0 Å². The molecular weight excluding hydrogens is 793 g/mol. The quantitative estimate of drug-likeness (QED) is 0.132. The Morgan fingerprint density at radius 3 is 2.08 bits per heavy atom. The van der Waals surface area contributed by atoms with E-state index in [9.17, 15) is 0 Å². The Bertz CT molecular complexity index is 3490. The van der Waals surface area contributed by atoms with Crippen molar-refractivity contribution in [1.82, 2.24) is 9.13 Å². The van der Waals surface area contributed by atoms with Crippen molar-refractivity contribution in [3.8, 4) is 11.1 Å². The highest BCUT2D eigenvalue weighted by atomic mass is 32.2. The molecule has 9 aromatic rings. The molecule has 0 saturated heterocycles. The number of fused-ring (bicyclic) bond motifs is 15. The number of benzene rings is 7. The topological polar surface area (TPSA) is 9.86 Å². The molecule has 3 heterocycles. The summed E-state index contributed by atoms with van der Waals surface area (Å²) in [6.07, 6.45) is 22.1. The van der Waals surface area contributed by atoms with Crippen molar-refractivity contribution in [2.75, 3.05) is 0 Å². The molecule has 0 saturated carbocycles. The zero-order valence-electron chi connectivity index (χ0n) is 36.1. The minimum absolute atomic E-state index is 0.409. The summed E-state index contributed by atoms with van der Waals surface area (Å²) < 4.78 is 4.97. The molecule has 308 valence electrons. The first-order valence-corrected chi connectivity index (χ1v) is 23.6. The molecule has 2 aromatic heterocycles. The van der Waals surface area contributed by atoms with Gasteiger partial charge in [0.05, 0.1) is 16.4 Å². The summed E-state index contributed by atoms with van der Waals surface area (Å²) in [6, 6.07) is 57.0. The van der Waals surface area contributed by atoms with Crippen molar-refractivity contribution in [2.24, 2.45) is 0 Å². The molecule has 12 rings (SSSR count). The molecule has 0 atom stereocenters. The van der Waals surface area contributed by atoms with Crippen LogP contribution in [0.4, 0.5) is 0 Å². The molecular formula is C61H48N2S. The number of unbranched alkanes of at least 4 members (excludes halogenated alkanes) is 1. The van der Waals surface area contributed by atoms with Gasteiger partial charge in [0.2, 0.25) is 0 Å². The predicted octanol–water partition coefficient (Wildman–Crippen LogP) is 16.5. The third-order valence-corrected chi connectivity index (χ3v) is 15.0. The monoisotopic (exact) mass is 840 g/mol. The molecule has 1 spiro atoms. The molecule has 0 amide bonds. The molecule has 0 bridgehead atoms. The number of nitrogens with zero attached hydrogens (tertiary/aromatic N) is 2. The van der Waals surface area contributed by atoms with Gasteiger partial charge in [-0.05, 0) is 124 Å². The smallest absolute Gasteiger partial charge is 0.0736 e. The highest BCUT2D eigenvalue weighted by Gasteiger charge is 2.50. The first kappa shape index (κ1) is 38.6. The highest BCUT2D eigenvalue weighted by molar-refractivity contribution is 7.99. The van der Waals surface area contributed by atoms with Gasteiger partial charge in [0.1, 0.15) is 0 Å². The van der Waals surface area contributed by atoms with Crippen LogP contribution < -0.4 is 0 Å². The van der Waals surface area contributed by atoms with E-state index < -0.39 is 5.41 Å². The molecule has 0 radical (unpaired) electrons. The van der Waals surface area contributed by atoms with Gasteiger partial charge >= 0.3 is 0 Å². The summed E-state index contributed by atoms with van der Waals surface area (Å²) >= 11 is 1.90. The lowest BCUT2D eigenvalue weighted by Gasteiger charge is -2.39. The Labute approximate surface area is 379 Å². The number of rotatable bonds is 9. The van der Waals surface area contributed by atoms with Crippen LogP contribution in [0.25, 0.3) is 66.0 Å². The van der Waals surface area contributed by atoms with E-state index in [4.69, 9.17) is 0 Å². The van der Waals surface area contributed by atoms with E-state index in [1.807, 2.05) is 11.8 Å². The normalized spacial score (nSPS) is 15.1. The Balaban J connectivity index is 0.909. The van der Waals surface area contributed by atoms with Gasteiger partial charge in [-0.25, -0.2) is 0 Å². The number of hydrogen-bond acceptors (Lipinski definition) is 1. The van der Waals surface area contributed by atoms with Gasteiger partial charge in [0.15, 0.2) is 0 Å². The summed E-state index contributed by atoms with van der Waals surface area (Å²) in [6.45, 7) is 7.63. The molecule has 2 aliphatic carbocycles. The number of allylic oxidation sites excluding steroid dienone is 11. The zero-order chi connectivity index (χ0) is 42.8. The van der Waals surface area contributed by atoms with E-state index >= 15 is 0 Å². The van der Waals surface area contributed by atoms with Crippen LogP contribution in [0.3, 0.4) is 0 Å². The predicted molar refractivity (Wildman–Crippen MR) is 273 cm³/mol. The van der Waals surface area contributed by atoms with E-state index in [0.29, 0.717) is 0 Å². The Morgan fingerprint density at radius 1 is 0.641 bits per heavy atom. The summed E-state index contributed by atoms with van der Waals surface area (Å²) in [4.78, 5) is 2.65. The standard InChI is InChI=1S/C61H48N2S/c1-3-4-24-44(42-35-36-57-49(38-42)47-27-12-17-32-56(47)63(57)43-22-8-5-9-23-43)41(2)21-7-6-20-37-62-55-31-16-11-26-46(55)50-39-48-45-25-10-13-28-51(45)61(54(48)40-58(50)62)52-29-14-18-33-59(52)64-60-34-19-15-30-53(60)61/h5-8,10-22,24-36,38-40H,2-4,9,23,37H2,1H3/b20-6-,21-7-,44-24+. The maximum Gasteiger partial charge on any atom is 0.0736 e. The van der Waals surface area contributed by atoms with E-state index in [0.717, 1.165) is 37.8 Å².